The molecular weight excluding hydrogens is 285 g/mol. The van der Waals surface area contributed by atoms with E-state index in [0.29, 0.717) is 16.8 Å². The highest BCUT2D eigenvalue weighted by Gasteiger charge is 2.09. The Morgan fingerprint density at radius 1 is 1.16 bits per heavy atom. The molecule has 0 aliphatic heterocycles. The molecule has 6 heteroatoms. The SMILES string of the molecule is N#Cc1ccc(C(=O)Nc2ccc(Cl)nc2Cl)cc1. The Kier molecular flexibility index (Phi) is 4.00. The molecule has 1 aromatic carbocycles. The monoisotopic (exact) mass is 291 g/mol. The Balaban J connectivity index is 2.18. The van der Waals surface area contributed by atoms with Crippen molar-refractivity contribution in [3.05, 3.63) is 57.8 Å². The van der Waals surface area contributed by atoms with Crippen molar-refractivity contribution in [2.45, 2.75) is 0 Å². The molecular formula is C13H7Cl2N3O. The summed E-state index contributed by atoms with van der Waals surface area (Å²) < 4.78 is 0. The van der Waals surface area contributed by atoms with Gasteiger partial charge < -0.3 is 5.32 Å². The van der Waals surface area contributed by atoms with E-state index in [1.807, 2.05) is 6.07 Å². The van der Waals surface area contributed by atoms with Gasteiger partial charge in [0.25, 0.3) is 5.91 Å². The van der Waals surface area contributed by atoms with Crippen LogP contribution in [0.1, 0.15) is 15.9 Å². The second-order valence-electron chi connectivity index (χ2n) is 3.62. The molecule has 94 valence electrons. The van der Waals surface area contributed by atoms with Gasteiger partial charge in [-0.2, -0.15) is 5.26 Å². The Bertz CT molecular complexity index is 663. The fourth-order valence-electron chi connectivity index (χ4n) is 1.40. The van der Waals surface area contributed by atoms with Crippen LogP contribution < -0.4 is 5.32 Å². The van der Waals surface area contributed by atoms with Crippen molar-refractivity contribution in [3.63, 3.8) is 0 Å². The highest BCUT2D eigenvalue weighted by Crippen LogP contribution is 2.22. The number of anilines is 1. The molecule has 0 spiro atoms. The zero-order chi connectivity index (χ0) is 13.8. The molecule has 1 heterocycles. The molecule has 2 rings (SSSR count). The largest absolute Gasteiger partial charge is 0.319 e. The first-order chi connectivity index (χ1) is 9.10. The Morgan fingerprint density at radius 2 is 1.84 bits per heavy atom. The summed E-state index contributed by atoms with van der Waals surface area (Å²) in [5.41, 5.74) is 1.29. The summed E-state index contributed by atoms with van der Waals surface area (Å²) in [7, 11) is 0. The summed E-state index contributed by atoms with van der Waals surface area (Å²) in [5, 5.41) is 11.7. The molecule has 0 aliphatic carbocycles. The molecule has 0 aliphatic rings. The van der Waals surface area contributed by atoms with Crippen molar-refractivity contribution in [1.29, 1.82) is 5.26 Å². The number of aromatic nitrogens is 1. The number of pyridine rings is 1. The van der Waals surface area contributed by atoms with Crippen molar-refractivity contribution in [2.24, 2.45) is 0 Å². The van der Waals surface area contributed by atoms with Gasteiger partial charge in [-0.05, 0) is 36.4 Å². The predicted molar refractivity (Wildman–Crippen MR) is 73.4 cm³/mol. The van der Waals surface area contributed by atoms with Gasteiger partial charge in [-0.3, -0.25) is 4.79 Å². The summed E-state index contributed by atoms with van der Waals surface area (Å²) >= 11 is 11.5. The predicted octanol–water partition coefficient (Wildman–Crippen LogP) is 3.51. The maximum Gasteiger partial charge on any atom is 0.255 e. The lowest BCUT2D eigenvalue weighted by atomic mass is 10.1. The first kappa shape index (κ1) is 13.3. The van der Waals surface area contributed by atoms with Crippen LogP contribution in [0.4, 0.5) is 5.69 Å². The van der Waals surface area contributed by atoms with E-state index in [2.05, 4.69) is 10.3 Å². The van der Waals surface area contributed by atoms with Crippen LogP contribution in [0.3, 0.4) is 0 Å². The van der Waals surface area contributed by atoms with Crippen molar-refractivity contribution in [1.82, 2.24) is 4.98 Å². The summed E-state index contributed by atoms with van der Waals surface area (Å²) in [4.78, 5) is 15.8. The van der Waals surface area contributed by atoms with Crippen LogP contribution in [0, 0.1) is 11.3 Å². The van der Waals surface area contributed by atoms with E-state index in [1.54, 1.807) is 30.3 Å². The number of halogens is 2. The Morgan fingerprint density at radius 3 is 2.42 bits per heavy atom. The quantitative estimate of drug-likeness (QED) is 0.861. The molecule has 4 nitrogen and oxygen atoms in total. The van der Waals surface area contributed by atoms with Crippen LogP contribution in [0.15, 0.2) is 36.4 Å². The number of nitrogens with zero attached hydrogens (tertiary/aromatic N) is 2. The fraction of sp³-hybridized carbons (Fsp3) is 0. The average molecular weight is 292 g/mol. The van der Waals surface area contributed by atoms with Crippen LogP contribution in [0.2, 0.25) is 10.3 Å². The minimum absolute atomic E-state index is 0.120. The third kappa shape index (κ3) is 3.22. The van der Waals surface area contributed by atoms with E-state index in [1.165, 1.54) is 6.07 Å². The van der Waals surface area contributed by atoms with Crippen LogP contribution in [-0.2, 0) is 0 Å². The first-order valence-corrected chi connectivity index (χ1v) is 5.99. The molecule has 1 amide bonds. The average Bonchev–Trinajstić information content (AvgIpc) is 2.42. The Hall–Kier alpha value is -2.09. The first-order valence-electron chi connectivity index (χ1n) is 5.23. The van der Waals surface area contributed by atoms with Gasteiger partial charge in [-0.15, -0.1) is 0 Å². The number of hydrogen-bond donors (Lipinski definition) is 1. The summed E-state index contributed by atoms with van der Waals surface area (Å²) in [5.74, 6) is -0.337. The van der Waals surface area contributed by atoms with E-state index in [9.17, 15) is 4.79 Å². The van der Waals surface area contributed by atoms with Crippen molar-refractivity contribution in [2.75, 3.05) is 5.32 Å². The van der Waals surface area contributed by atoms with Crippen LogP contribution in [-0.4, -0.2) is 10.9 Å². The summed E-state index contributed by atoms with van der Waals surface area (Å²) in [6.07, 6.45) is 0. The lowest BCUT2D eigenvalue weighted by Crippen LogP contribution is -2.12. The normalized spacial score (nSPS) is 9.74. The maximum atomic E-state index is 11.9. The number of carbonyl (C=O) groups is 1. The van der Waals surface area contributed by atoms with E-state index in [4.69, 9.17) is 28.5 Å². The highest BCUT2D eigenvalue weighted by molar-refractivity contribution is 6.34. The van der Waals surface area contributed by atoms with Gasteiger partial charge in [0, 0.05) is 5.56 Å². The molecule has 1 aromatic heterocycles. The van der Waals surface area contributed by atoms with Gasteiger partial charge in [0.1, 0.15) is 5.15 Å². The number of rotatable bonds is 2. The smallest absolute Gasteiger partial charge is 0.255 e. The van der Waals surface area contributed by atoms with Crippen molar-refractivity contribution >= 4 is 34.8 Å². The maximum absolute atomic E-state index is 11.9. The van der Waals surface area contributed by atoms with E-state index >= 15 is 0 Å². The van der Waals surface area contributed by atoms with Gasteiger partial charge in [0.05, 0.1) is 17.3 Å². The highest BCUT2D eigenvalue weighted by atomic mass is 35.5. The van der Waals surface area contributed by atoms with Gasteiger partial charge in [-0.25, -0.2) is 4.98 Å². The molecule has 0 saturated carbocycles. The molecule has 0 atom stereocenters. The van der Waals surface area contributed by atoms with Crippen LogP contribution in [0.25, 0.3) is 0 Å². The molecule has 19 heavy (non-hydrogen) atoms. The van der Waals surface area contributed by atoms with Gasteiger partial charge >= 0.3 is 0 Å². The number of hydrogen-bond acceptors (Lipinski definition) is 3. The molecule has 0 radical (unpaired) electrons. The van der Waals surface area contributed by atoms with Crippen LogP contribution >= 0.6 is 23.2 Å². The van der Waals surface area contributed by atoms with Gasteiger partial charge in [0.2, 0.25) is 0 Å². The summed E-state index contributed by atoms with van der Waals surface area (Å²) in [6.45, 7) is 0. The minimum Gasteiger partial charge on any atom is -0.319 e. The molecule has 0 fully saturated rings. The molecule has 0 saturated heterocycles. The Labute approximate surface area is 119 Å². The van der Waals surface area contributed by atoms with Gasteiger partial charge in [-0.1, -0.05) is 23.2 Å². The number of carbonyl (C=O) groups excluding carboxylic acids is 1. The lowest BCUT2D eigenvalue weighted by Gasteiger charge is -2.06. The molecule has 0 unspecified atom stereocenters. The van der Waals surface area contributed by atoms with E-state index in [-0.39, 0.29) is 16.2 Å². The fourth-order valence-corrected chi connectivity index (χ4v) is 1.79. The third-order valence-electron chi connectivity index (χ3n) is 2.34. The number of benzene rings is 1. The van der Waals surface area contributed by atoms with Crippen LogP contribution in [0.5, 0.6) is 0 Å². The number of nitrogens with one attached hydrogen (secondary N) is 1. The second-order valence-corrected chi connectivity index (χ2v) is 4.36. The summed E-state index contributed by atoms with van der Waals surface area (Å²) in [6, 6.07) is 11.3. The zero-order valence-corrected chi connectivity index (χ0v) is 11.0. The second kappa shape index (κ2) is 5.70. The van der Waals surface area contributed by atoms with E-state index in [0.717, 1.165) is 0 Å². The van der Waals surface area contributed by atoms with E-state index < -0.39 is 0 Å². The zero-order valence-electron chi connectivity index (χ0n) is 9.52. The minimum atomic E-state index is -0.337. The van der Waals surface area contributed by atoms with Gasteiger partial charge in [0.15, 0.2) is 5.15 Å². The van der Waals surface area contributed by atoms with Crippen molar-refractivity contribution < 1.29 is 4.79 Å². The lowest BCUT2D eigenvalue weighted by molar-refractivity contribution is 0.102. The number of nitriles is 1. The van der Waals surface area contributed by atoms with Crippen molar-refractivity contribution in [3.8, 4) is 6.07 Å². The standard InChI is InChI=1S/C13H7Cl2N3O/c14-11-6-5-10(12(15)18-11)17-13(19)9-3-1-8(7-16)2-4-9/h1-6H,(H,17,19). The molecule has 1 N–H and O–H groups in total. The molecule has 2 aromatic rings. The molecule has 0 bridgehead atoms. The number of amides is 1. The third-order valence-corrected chi connectivity index (χ3v) is 2.84. The topological polar surface area (TPSA) is 65.8 Å².